The van der Waals surface area contributed by atoms with Gasteiger partial charge in [0.2, 0.25) is 0 Å². The number of nitrogens with one attached hydrogen (secondary N) is 1. The standard InChI is InChI=1S/C17H18N4O2/c1-11(2)13-8-9-20-16(10-13)18-12(3)17(20)19-14-4-6-15(7-5-14)21(22)23/h4-11,19H,1-3H3. The molecule has 0 aliphatic heterocycles. The van der Waals surface area contributed by atoms with Gasteiger partial charge in [-0.25, -0.2) is 4.98 Å². The lowest BCUT2D eigenvalue weighted by Crippen LogP contribution is -1.98. The van der Waals surface area contributed by atoms with E-state index in [-0.39, 0.29) is 5.69 Å². The van der Waals surface area contributed by atoms with Gasteiger partial charge < -0.3 is 5.32 Å². The summed E-state index contributed by atoms with van der Waals surface area (Å²) in [4.78, 5) is 14.9. The SMILES string of the molecule is Cc1nc2cc(C(C)C)ccn2c1Nc1ccc([N+](=O)[O-])cc1. The van der Waals surface area contributed by atoms with E-state index in [1.54, 1.807) is 12.1 Å². The fourth-order valence-electron chi connectivity index (χ4n) is 2.49. The van der Waals surface area contributed by atoms with Crippen LogP contribution < -0.4 is 5.32 Å². The molecule has 0 unspecified atom stereocenters. The highest BCUT2D eigenvalue weighted by Gasteiger charge is 2.11. The van der Waals surface area contributed by atoms with Crippen LogP contribution in [0.1, 0.15) is 31.0 Å². The second-order valence-electron chi connectivity index (χ2n) is 5.82. The zero-order valence-electron chi connectivity index (χ0n) is 13.3. The largest absolute Gasteiger partial charge is 0.340 e. The molecule has 3 rings (SSSR count). The van der Waals surface area contributed by atoms with Gasteiger partial charge >= 0.3 is 0 Å². The van der Waals surface area contributed by atoms with Crippen molar-refractivity contribution in [3.63, 3.8) is 0 Å². The van der Waals surface area contributed by atoms with Crippen molar-refractivity contribution in [1.82, 2.24) is 9.38 Å². The number of aromatic nitrogens is 2. The maximum absolute atomic E-state index is 10.7. The minimum atomic E-state index is -0.406. The molecule has 1 N–H and O–H groups in total. The Morgan fingerprint density at radius 2 is 1.91 bits per heavy atom. The quantitative estimate of drug-likeness (QED) is 0.572. The second-order valence-corrected chi connectivity index (χ2v) is 5.82. The maximum Gasteiger partial charge on any atom is 0.269 e. The number of aryl methyl sites for hydroxylation is 1. The van der Waals surface area contributed by atoms with Gasteiger partial charge in [0.25, 0.3) is 5.69 Å². The van der Waals surface area contributed by atoms with Crippen LogP contribution in [0, 0.1) is 17.0 Å². The van der Waals surface area contributed by atoms with E-state index in [1.165, 1.54) is 17.7 Å². The number of hydrogen-bond acceptors (Lipinski definition) is 4. The highest BCUT2D eigenvalue weighted by Crippen LogP contribution is 2.25. The van der Waals surface area contributed by atoms with Crippen molar-refractivity contribution in [3.05, 3.63) is 64.0 Å². The van der Waals surface area contributed by atoms with Crippen molar-refractivity contribution in [2.75, 3.05) is 5.32 Å². The number of rotatable bonds is 4. The Kier molecular flexibility index (Phi) is 3.73. The third-order valence-electron chi connectivity index (χ3n) is 3.83. The molecule has 0 fully saturated rings. The molecule has 0 radical (unpaired) electrons. The molecule has 0 aliphatic rings. The van der Waals surface area contributed by atoms with Gasteiger partial charge in [-0.15, -0.1) is 0 Å². The van der Waals surface area contributed by atoms with Crippen LogP contribution in [0.4, 0.5) is 17.2 Å². The third-order valence-corrected chi connectivity index (χ3v) is 3.83. The van der Waals surface area contributed by atoms with Crippen LogP contribution in [0.5, 0.6) is 0 Å². The van der Waals surface area contributed by atoms with Gasteiger partial charge in [0.05, 0.1) is 10.6 Å². The van der Waals surface area contributed by atoms with E-state index in [2.05, 4.69) is 36.3 Å². The Hall–Kier alpha value is -2.89. The molecule has 2 heterocycles. The number of nitro benzene ring substituents is 1. The number of pyridine rings is 1. The van der Waals surface area contributed by atoms with Gasteiger partial charge in [-0.3, -0.25) is 14.5 Å². The van der Waals surface area contributed by atoms with Crippen molar-refractivity contribution < 1.29 is 4.92 Å². The number of imidazole rings is 1. The molecule has 0 saturated carbocycles. The average Bonchev–Trinajstić information content (AvgIpc) is 2.83. The number of benzene rings is 1. The molecule has 0 amide bonds. The summed E-state index contributed by atoms with van der Waals surface area (Å²) >= 11 is 0. The third kappa shape index (κ3) is 2.88. The van der Waals surface area contributed by atoms with Crippen LogP contribution in [-0.2, 0) is 0 Å². The minimum absolute atomic E-state index is 0.0759. The van der Waals surface area contributed by atoms with Crippen LogP contribution >= 0.6 is 0 Å². The first-order chi connectivity index (χ1) is 11.0. The Balaban J connectivity index is 1.96. The molecule has 2 aromatic heterocycles. The Morgan fingerprint density at radius 1 is 1.22 bits per heavy atom. The van der Waals surface area contributed by atoms with Crippen LogP contribution in [0.25, 0.3) is 5.65 Å². The monoisotopic (exact) mass is 310 g/mol. The minimum Gasteiger partial charge on any atom is -0.340 e. The molecule has 0 atom stereocenters. The summed E-state index contributed by atoms with van der Waals surface area (Å²) in [5, 5.41) is 14.0. The number of nitrogens with zero attached hydrogens (tertiary/aromatic N) is 3. The van der Waals surface area contributed by atoms with Crippen molar-refractivity contribution in [2.45, 2.75) is 26.7 Å². The molecule has 6 nitrogen and oxygen atoms in total. The lowest BCUT2D eigenvalue weighted by atomic mass is 10.1. The van der Waals surface area contributed by atoms with E-state index >= 15 is 0 Å². The highest BCUT2D eigenvalue weighted by molar-refractivity contribution is 5.64. The van der Waals surface area contributed by atoms with Gasteiger partial charge in [-0.2, -0.15) is 0 Å². The predicted octanol–water partition coefficient (Wildman–Crippen LogP) is 4.42. The van der Waals surface area contributed by atoms with Crippen LogP contribution in [0.2, 0.25) is 0 Å². The molecule has 0 saturated heterocycles. The fraction of sp³-hybridized carbons (Fsp3) is 0.235. The van der Waals surface area contributed by atoms with Gasteiger partial charge in [0, 0.05) is 24.0 Å². The normalized spacial score (nSPS) is 11.1. The van der Waals surface area contributed by atoms with Crippen molar-refractivity contribution in [2.24, 2.45) is 0 Å². The Morgan fingerprint density at radius 3 is 2.52 bits per heavy atom. The molecule has 0 spiro atoms. The number of nitro groups is 1. The molecule has 1 aromatic carbocycles. The summed E-state index contributed by atoms with van der Waals surface area (Å²) in [5.74, 6) is 1.31. The van der Waals surface area contributed by atoms with E-state index in [0.29, 0.717) is 5.92 Å². The lowest BCUT2D eigenvalue weighted by Gasteiger charge is -2.09. The number of anilines is 2. The van der Waals surface area contributed by atoms with Gasteiger partial charge in [0.1, 0.15) is 11.5 Å². The van der Waals surface area contributed by atoms with Gasteiger partial charge in [-0.1, -0.05) is 13.8 Å². The molecule has 0 aliphatic carbocycles. The fourth-order valence-corrected chi connectivity index (χ4v) is 2.49. The molecule has 6 heteroatoms. The summed E-state index contributed by atoms with van der Waals surface area (Å²) in [7, 11) is 0. The van der Waals surface area contributed by atoms with Crippen molar-refractivity contribution in [1.29, 1.82) is 0 Å². The number of fused-ring (bicyclic) bond motifs is 1. The molecule has 0 bridgehead atoms. The Bertz CT molecular complexity index is 866. The summed E-state index contributed by atoms with van der Waals surface area (Å²) in [6.07, 6.45) is 2.00. The van der Waals surface area contributed by atoms with E-state index in [1.807, 2.05) is 17.5 Å². The summed E-state index contributed by atoms with van der Waals surface area (Å²) in [5.41, 5.74) is 3.87. The first-order valence-corrected chi connectivity index (χ1v) is 7.46. The summed E-state index contributed by atoms with van der Waals surface area (Å²) in [6.45, 7) is 6.24. The van der Waals surface area contributed by atoms with E-state index < -0.39 is 4.92 Å². The molecule has 118 valence electrons. The van der Waals surface area contributed by atoms with Crippen molar-refractivity contribution in [3.8, 4) is 0 Å². The molecular weight excluding hydrogens is 292 g/mol. The molecule has 23 heavy (non-hydrogen) atoms. The smallest absolute Gasteiger partial charge is 0.269 e. The van der Waals surface area contributed by atoms with Crippen LogP contribution in [0.15, 0.2) is 42.6 Å². The summed E-state index contributed by atoms with van der Waals surface area (Å²) in [6, 6.07) is 10.5. The number of non-ortho nitro benzene ring substituents is 1. The highest BCUT2D eigenvalue weighted by atomic mass is 16.6. The topological polar surface area (TPSA) is 72.5 Å². The summed E-state index contributed by atoms with van der Waals surface area (Å²) < 4.78 is 1.99. The van der Waals surface area contributed by atoms with Crippen LogP contribution in [0.3, 0.4) is 0 Å². The molecular formula is C17H18N4O2. The maximum atomic E-state index is 10.7. The number of hydrogen-bond donors (Lipinski definition) is 1. The molecule has 3 aromatic rings. The zero-order chi connectivity index (χ0) is 16.6. The van der Waals surface area contributed by atoms with Crippen LogP contribution in [-0.4, -0.2) is 14.3 Å². The first-order valence-electron chi connectivity index (χ1n) is 7.46. The lowest BCUT2D eigenvalue weighted by molar-refractivity contribution is -0.384. The van der Waals surface area contributed by atoms with Gasteiger partial charge in [0.15, 0.2) is 0 Å². The van der Waals surface area contributed by atoms with E-state index in [9.17, 15) is 10.1 Å². The predicted molar refractivity (Wildman–Crippen MR) is 90.4 cm³/mol. The van der Waals surface area contributed by atoms with Crippen molar-refractivity contribution >= 4 is 22.8 Å². The van der Waals surface area contributed by atoms with Gasteiger partial charge in [-0.05, 0) is 42.7 Å². The first kappa shape index (κ1) is 15.0. The van der Waals surface area contributed by atoms with E-state index in [4.69, 9.17) is 0 Å². The van der Waals surface area contributed by atoms with E-state index in [0.717, 1.165) is 22.8 Å². The average molecular weight is 310 g/mol. The Labute approximate surface area is 133 Å². The second kappa shape index (κ2) is 5.72. The zero-order valence-corrected chi connectivity index (χ0v) is 13.3.